The molecule has 26 heavy (non-hydrogen) atoms. The predicted molar refractivity (Wildman–Crippen MR) is 90.7 cm³/mol. The van der Waals surface area contributed by atoms with E-state index in [4.69, 9.17) is 4.42 Å². The standard InChI is InChI=1S/C19H20FN3O3/c20-13-3-1-12(2-4-13)9-18(24)23(15-7-8-15)10-17-22-16(11-26-17)19(25)21-14-5-6-14/h1-4,11,14-15H,5-10H2,(H,21,25). The molecule has 0 bridgehead atoms. The van der Waals surface area contributed by atoms with E-state index in [9.17, 15) is 14.0 Å². The average Bonchev–Trinajstić information content (AvgIpc) is 3.55. The Morgan fingerprint density at radius 1 is 1.19 bits per heavy atom. The van der Waals surface area contributed by atoms with Crippen LogP contribution in [0.2, 0.25) is 0 Å². The van der Waals surface area contributed by atoms with Gasteiger partial charge in [-0.05, 0) is 43.4 Å². The van der Waals surface area contributed by atoms with Crippen molar-refractivity contribution in [2.24, 2.45) is 0 Å². The molecule has 1 N–H and O–H groups in total. The number of oxazole rings is 1. The zero-order valence-corrected chi connectivity index (χ0v) is 14.3. The number of halogens is 1. The Balaban J connectivity index is 1.40. The van der Waals surface area contributed by atoms with E-state index in [1.807, 2.05) is 0 Å². The van der Waals surface area contributed by atoms with Gasteiger partial charge in [-0.25, -0.2) is 9.37 Å². The molecule has 7 heteroatoms. The first-order valence-electron chi connectivity index (χ1n) is 8.87. The minimum Gasteiger partial charge on any atom is -0.446 e. The molecule has 2 aliphatic carbocycles. The van der Waals surface area contributed by atoms with Gasteiger partial charge in [-0.1, -0.05) is 12.1 Å². The van der Waals surface area contributed by atoms with Gasteiger partial charge in [0.2, 0.25) is 11.8 Å². The van der Waals surface area contributed by atoms with Crippen molar-refractivity contribution in [3.8, 4) is 0 Å². The van der Waals surface area contributed by atoms with E-state index in [-0.39, 0.29) is 48.4 Å². The van der Waals surface area contributed by atoms with Gasteiger partial charge >= 0.3 is 0 Å². The number of rotatable bonds is 7. The zero-order valence-electron chi connectivity index (χ0n) is 14.3. The molecule has 1 heterocycles. The summed E-state index contributed by atoms with van der Waals surface area (Å²) >= 11 is 0. The molecule has 2 aromatic rings. The van der Waals surface area contributed by atoms with Crippen LogP contribution < -0.4 is 5.32 Å². The van der Waals surface area contributed by atoms with Crippen LogP contribution in [0.5, 0.6) is 0 Å². The van der Waals surface area contributed by atoms with Crippen molar-refractivity contribution in [3.05, 3.63) is 53.5 Å². The lowest BCUT2D eigenvalue weighted by Gasteiger charge is -2.20. The molecule has 2 aliphatic rings. The third kappa shape index (κ3) is 4.09. The van der Waals surface area contributed by atoms with Crippen LogP contribution in [0.4, 0.5) is 4.39 Å². The number of hydrogen-bond donors (Lipinski definition) is 1. The fraction of sp³-hybridized carbons (Fsp3) is 0.421. The summed E-state index contributed by atoms with van der Waals surface area (Å²) in [4.78, 5) is 30.6. The minimum absolute atomic E-state index is 0.0544. The number of nitrogens with one attached hydrogen (secondary N) is 1. The molecular formula is C19H20FN3O3. The molecule has 1 aromatic heterocycles. The number of carbonyl (C=O) groups excluding carboxylic acids is 2. The summed E-state index contributed by atoms with van der Waals surface area (Å²) < 4.78 is 18.4. The monoisotopic (exact) mass is 357 g/mol. The second-order valence-electron chi connectivity index (χ2n) is 6.93. The maximum absolute atomic E-state index is 13.0. The lowest BCUT2D eigenvalue weighted by Crippen LogP contribution is -2.34. The van der Waals surface area contributed by atoms with Gasteiger partial charge in [-0.3, -0.25) is 9.59 Å². The number of amides is 2. The number of nitrogens with zero attached hydrogens (tertiary/aromatic N) is 2. The molecule has 0 saturated heterocycles. The molecule has 0 aliphatic heterocycles. The lowest BCUT2D eigenvalue weighted by molar-refractivity contribution is -0.132. The largest absolute Gasteiger partial charge is 0.446 e. The van der Waals surface area contributed by atoms with Gasteiger partial charge in [0.05, 0.1) is 13.0 Å². The molecular weight excluding hydrogens is 337 g/mol. The molecule has 0 radical (unpaired) electrons. The predicted octanol–water partition coefficient (Wildman–Crippen LogP) is 2.44. The molecule has 6 nitrogen and oxygen atoms in total. The normalized spacial score (nSPS) is 16.3. The first-order chi connectivity index (χ1) is 12.6. The first-order valence-corrected chi connectivity index (χ1v) is 8.87. The molecule has 2 saturated carbocycles. The van der Waals surface area contributed by atoms with E-state index < -0.39 is 0 Å². The minimum atomic E-state index is -0.322. The third-order valence-electron chi connectivity index (χ3n) is 4.58. The van der Waals surface area contributed by atoms with E-state index in [1.54, 1.807) is 17.0 Å². The molecule has 0 unspecified atom stereocenters. The zero-order chi connectivity index (χ0) is 18.1. The SMILES string of the molecule is O=C(NC1CC1)c1coc(CN(C(=O)Cc2ccc(F)cc2)C2CC2)n1. The number of carbonyl (C=O) groups is 2. The second kappa shape index (κ2) is 6.90. The molecule has 136 valence electrons. The second-order valence-corrected chi connectivity index (χ2v) is 6.93. The van der Waals surface area contributed by atoms with Crippen LogP contribution in [0.25, 0.3) is 0 Å². The molecule has 2 amide bonds. The van der Waals surface area contributed by atoms with Crippen molar-refractivity contribution >= 4 is 11.8 Å². The van der Waals surface area contributed by atoms with Gasteiger partial charge in [0, 0.05) is 12.1 Å². The van der Waals surface area contributed by atoms with E-state index in [1.165, 1.54) is 18.4 Å². The van der Waals surface area contributed by atoms with Crippen LogP contribution in [0.3, 0.4) is 0 Å². The lowest BCUT2D eigenvalue weighted by atomic mass is 10.1. The summed E-state index contributed by atoms with van der Waals surface area (Å²) in [6, 6.07) is 6.36. The van der Waals surface area contributed by atoms with Crippen molar-refractivity contribution < 1.29 is 18.4 Å². The maximum atomic E-state index is 13.0. The van der Waals surface area contributed by atoms with Crippen molar-refractivity contribution in [1.29, 1.82) is 0 Å². The van der Waals surface area contributed by atoms with E-state index in [0.29, 0.717) is 5.89 Å². The topological polar surface area (TPSA) is 75.4 Å². The van der Waals surface area contributed by atoms with Crippen molar-refractivity contribution in [1.82, 2.24) is 15.2 Å². The molecule has 0 spiro atoms. The van der Waals surface area contributed by atoms with Crippen LogP contribution in [-0.4, -0.2) is 33.8 Å². The van der Waals surface area contributed by atoms with Gasteiger partial charge in [0.1, 0.15) is 12.1 Å². The molecule has 0 atom stereocenters. The highest BCUT2D eigenvalue weighted by atomic mass is 19.1. The maximum Gasteiger partial charge on any atom is 0.273 e. The van der Waals surface area contributed by atoms with Gasteiger partial charge in [0.25, 0.3) is 5.91 Å². The first kappa shape index (κ1) is 16.8. The molecule has 4 rings (SSSR count). The smallest absolute Gasteiger partial charge is 0.273 e. The fourth-order valence-corrected chi connectivity index (χ4v) is 2.81. The Morgan fingerprint density at radius 2 is 1.92 bits per heavy atom. The highest BCUT2D eigenvalue weighted by molar-refractivity contribution is 5.92. The molecule has 2 fully saturated rings. The Hall–Kier alpha value is -2.70. The van der Waals surface area contributed by atoms with Crippen LogP contribution in [0, 0.1) is 5.82 Å². The summed E-state index contributed by atoms with van der Waals surface area (Å²) in [6.07, 6.45) is 5.44. The quantitative estimate of drug-likeness (QED) is 0.826. The average molecular weight is 357 g/mol. The van der Waals surface area contributed by atoms with Crippen molar-refractivity contribution in [2.75, 3.05) is 0 Å². The van der Waals surface area contributed by atoms with E-state index in [2.05, 4.69) is 10.3 Å². The van der Waals surface area contributed by atoms with Gasteiger partial charge in [-0.2, -0.15) is 0 Å². The van der Waals surface area contributed by atoms with Gasteiger partial charge in [0.15, 0.2) is 5.69 Å². The number of aromatic nitrogens is 1. The number of benzene rings is 1. The third-order valence-corrected chi connectivity index (χ3v) is 4.58. The highest BCUT2D eigenvalue weighted by Gasteiger charge is 2.33. The van der Waals surface area contributed by atoms with Crippen LogP contribution in [0.1, 0.15) is 47.6 Å². The summed E-state index contributed by atoms with van der Waals surface area (Å²) in [5.41, 5.74) is 1.01. The summed E-state index contributed by atoms with van der Waals surface area (Å²) in [5.74, 6) is -0.262. The Bertz CT molecular complexity index is 810. The van der Waals surface area contributed by atoms with Crippen LogP contribution in [0.15, 0.2) is 34.9 Å². The summed E-state index contributed by atoms with van der Waals surface area (Å²) in [5, 5.41) is 2.86. The summed E-state index contributed by atoms with van der Waals surface area (Å²) in [6.45, 7) is 0.238. The fourth-order valence-electron chi connectivity index (χ4n) is 2.81. The summed E-state index contributed by atoms with van der Waals surface area (Å²) in [7, 11) is 0. The Kier molecular flexibility index (Phi) is 4.44. The van der Waals surface area contributed by atoms with E-state index >= 15 is 0 Å². The number of hydrogen-bond acceptors (Lipinski definition) is 4. The highest BCUT2D eigenvalue weighted by Crippen LogP contribution is 2.29. The van der Waals surface area contributed by atoms with Gasteiger partial charge in [-0.15, -0.1) is 0 Å². The van der Waals surface area contributed by atoms with Crippen LogP contribution >= 0.6 is 0 Å². The van der Waals surface area contributed by atoms with Crippen molar-refractivity contribution in [2.45, 2.75) is 50.7 Å². The molecule has 1 aromatic carbocycles. The van der Waals surface area contributed by atoms with Crippen LogP contribution in [-0.2, 0) is 17.8 Å². The van der Waals surface area contributed by atoms with Crippen molar-refractivity contribution in [3.63, 3.8) is 0 Å². The van der Waals surface area contributed by atoms with Gasteiger partial charge < -0.3 is 14.6 Å². The van der Waals surface area contributed by atoms with E-state index in [0.717, 1.165) is 31.2 Å². The Morgan fingerprint density at radius 3 is 2.58 bits per heavy atom. The Labute approximate surface area is 150 Å².